The second-order valence-electron chi connectivity index (χ2n) is 5.24. The van der Waals surface area contributed by atoms with E-state index in [4.69, 9.17) is 26.2 Å². The van der Waals surface area contributed by atoms with E-state index in [1.807, 2.05) is 0 Å². The van der Waals surface area contributed by atoms with E-state index in [2.05, 4.69) is 10.6 Å². The van der Waals surface area contributed by atoms with Crippen LogP contribution in [0.2, 0.25) is 0 Å². The van der Waals surface area contributed by atoms with Crippen LogP contribution in [-0.4, -0.2) is 75.7 Å². The molecule has 0 amide bonds. The van der Waals surface area contributed by atoms with E-state index in [0.717, 1.165) is 19.4 Å². The van der Waals surface area contributed by atoms with Crippen molar-refractivity contribution in [3.8, 4) is 0 Å². The number of aliphatic carboxylic acids is 3. The number of aliphatic hydroxyl groups excluding tert-OH is 1. The molecule has 0 aromatic rings. The van der Waals surface area contributed by atoms with Gasteiger partial charge in [0.05, 0.1) is 6.10 Å². The topological polar surface area (TPSA) is 182 Å². The lowest BCUT2D eigenvalue weighted by Crippen LogP contribution is -2.38. The lowest BCUT2D eigenvalue weighted by Gasteiger charge is -2.06. The number of carboxylic acids is 3. The normalized spacial score (nSPS) is 27.0. The minimum absolute atomic E-state index is 0.269. The Kier molecular flexibility index (Phi) is 10.1. The number of hydrogen-bond donors (Lipinski definition) is 7. The van der Waals surface area contributed by atoms with Gasteiger partial charge in [-0.1, -0.05) is 0 Å². The van der Waals surface area contributed by atoms with Crippen LogP contribution in [0.15, 0.2) is 0 Å². The van der Waals surface area contributed by atoms with Crippen molar-refractivity contribution >= 4 is 17.9 Å². The van der Waals surface area contributed by atoms with Crippen molar-refractivity contribution in [3.63, 3.8) is 0 Å². The van der Waals surface area contributed by atoms with E-state index in [9.17, 15) is 14.4 Å². The quantitative estimate of drug-likeness (QED) is 0.305. The Morgan fingerprint density at radius 3 is 1.78 bits per heavy atom. The lowest BCUT2D eigenvalue weighted by molar-refractivity contribution is -0.141. The van der Waals surface area contributed by atoms with Crippen LogP contribution in [0.1, 0.15) is 26.2 Å². The fourth-order valence-corrected chi connectivity index (χ4v) is 1.84. The second-order valence-corrected chi connectivity index (χ2v) is 5.24. The zero-order valence-electron chi connectivity index (χ0n) is 12.9. The van der Waals surface area contributed by atoms with Crippen molar-refractivity contribution in [2.75, 3.05) is 13.1 Å². The SMILES string of the molecule is C[C@H](N)C(=O)O.O=C(O)[C@@H]1CCCN1.O=C(O)[C@H]1NCCC1O. The Labute approximate surface area is 133 Å². The Balaban J connectivity index is 0.000000323. The first-order valence-corrected chi connectivity index (χ1v) is 7.25. The molecule has 8 N–H and O–H groups in total. The minimum atomic E-state index is -0.972. The summed E-state index contributed by atoms with van der Waals surface area (Å²) in [5.41, 5.74) is 4.84. The monoisotopic (exact) mass is 335 g/mol. The molecule has 0 aromatic carbocycles. The number of nitrogens with one attached hydrogen (secondary N) is 2. The first kappa shape index (κ1) is 21.2. The Morgan fingerprint density at radius 2 is 1.61 bits per heavy atom. The molecule has 0 aliphatic carbocycles. The van der Waals surface area contributed by atoms with Gasteiger partial charge in [0.2, 0.25) is 0 Å². The summed E-state index contributed by atoms with van der Waals surface area (Å²) in [4.78, 5) is 29.9. The van der Waals surface area contributed by atoms with Gasteiger partial charge in [-0.05, 0) is 39.3 Å². The fourth-order valence-electron chi connectivity index (χ4n) is 1.84. The van der Waals surface area contributed by atoms with Gasteiger partial charge in [0.15, 0.2) is 0 Å². The molecule has 10 nitrogen and oxygen atoms in total. The summed E-state index contributed by atoms with van der Waals surface area (Å²) in [7, 11) is 0. The molecule has 2 saturated heterocycles. The van der Waals surface area contributed by atoms with Gasteiger partial charge in [-0.15, -0.1) is 0 Å². The van der Waals surface area contributed by atoms with Crippen molar-refractivity contribution in [3.05, 3.63) is 0 Å². The summed E-state index contributed by atoms with van der Waals surface area (Å²) in [6.07, 6.45) is 1.62. The Morgan fingerprint density at radius 1 is 1.04 bits per heavy atom. The molecule has 0 radical (unpaired) electrons. The highest BCUT2D eigenvalue weighted by Gasteiger charge is 2.30. The third-order valence-electron chi connectivity index (χ3n) is 3.20. The first-order valence-electron chi connectivity index (χ1n) is 7.25. The standard InChI is InChI=1S/C5H9NO3.C5H9NO2.C3H7NO2/c7-3-1-2-6-4(3)5(8)9;7-5(8)4-2-1-3-6-4;1-2(4)3(5)6/h3-4,6-7H,1-2H2,(H,8,9);4,6H,1-3H2,(H,7,8);2H,4H2,1H3,(H,5,6)/t3?,4-;4-;2-/m000/s1. The minimum Gasteiger partial charge on any atom is -0.480 e. The molecule has 2 aliphatic rings. The van der Waals surface area contributed by atoms with E-state index in [-0.39, 0.29) is 6.04 Å². The second kappa shape index (κ2) is 10.9. The zero-order valence-corrected chi connectivity index (χ0v) is 12.9. The maximum absolute atomic E-state index is 10.2. The molecule has 10 heteroatoms. The number of nitrogens with two attached hydrogens (primary N) is 1. The fraction of sp³-hybridized carbons (Fsp3) is 0.769. The molecule has 0 aromatic heterocycles. The van der Waals surface area contributed by atoms with Crippen molar-refractivity contribution < 1.29 is 34.8 Å². The molecule has 2 fully saturated rings. The summed E-state index contributed by atoms with van der Waals surface area (Å²) in [5, 5.41) is 39.0. The first-order chi connectivity index (χ1) is 10.7. The molecular formula is C13H25N3O7. The number of hydrogen-bond acceptors (Lipinski definition) is 7. The van der Waals surface area contributed by atoms with Crippen molar-refractivity contribution in [1.82, 2.24) is 10.6 Å². The smallest absolute Gasteiger partial charge is 0.323 e. The summed E-state index contributed by atoms with van der Waals surface area (Å²) >= 11 is 0. The van der Waals surface area contributed by atoms with Gasteiger partial charge < -0.3 is 36.8 Å². The van der Waals surface area contributed by atoms with Crippen LogP contribution in [0, 0.1) is 0 Å². The van der Waals surface area contributed by atoms with Gasteiger partial charge in [0, 0.05) is 0 Å². The molecule has 0 bridgehead atoms. The van der Waals surface area contributed by atoms with Crippen LogP contribution < -0.4 is 16.4 Å². The van der Waals surface area contributed by atoms with Gasteiger partial charge in [-0.25, -0.2) is 0 Å². The van der Waals surface area contributed by atoms with Crippen molar-refractivity contribution in [1.29, 1.82) is 0 Å². The molecule has 23 heavy (non-hydrogen) atoms. The van der Waals surface area contributed by atoms with E-state index in [0.29, 0.717) is 13.0 Å². The summed E-state index contributed by atoms with van der Waals surface area (Å²) in [5.74, 6) is -2.66. The maximum Gasteiger partial charge on any atom is 0.323 e. The van der Waals surface area contributed by atoms with Crippen LogP contribution in [0.4, 0.5) is 0 Å². The van der Waals surface area contributed by atoms with Crippen LogP contribution in [0.5, 0.6) is 0 Å². The largest absolute Gasteiger partial charge is 0.480 e. The van der Waals surface area contributed by atoms with Gasteiger partial charge in [-0.3, -0.25) is 14.4 Å². The van der Waals surface area contributed by atoms with E-state index in [1.54, 1.807) is 0 Å². The Bertz CT molecular complexity index is 397. The lowest BCUT2D eigenvalue weighted by atomic mass is 10.2. The van der Waals surface area contributed by atoms with Crippen LogP contribution in [0.3, 0.4) is 0 Å². The number of carboxylic acid groups (broad SMARTS) is 3. The molecule has 1 unspecified atom stereocenters. The number of carbonyl (C=O) groups is 3. The average molecular weight is 335 g/mol. The number of aliphatic hydroxyl groups is 1. The predicted molar refractivity (Wildman–Crippen MR) is 80.0 cm³/mol. The average Bonchev–Trinajstić information content (AvgIpc) is 3.10. The van der Waals surface area contributed by atoms with Gasteiger partial charge in [0.1, 0.15) is 18.1 Å². The predicted octanol–water partition coefficient (Wildman–Crippen LogP) is -1.96. The molecule has 0 saturated carbocycles. The maximum atomic E-state index is 10.2. The molecule has 134 valence electrons. The summed E-state index contributed by atoms with van der Waals surface area (Å²) in [6, 6.07) is -1.75. The summed E-state index contributed by atoms with van der Waals surface area (Å²) in [6.45, 7) is 2.87. The van der Waals surface area contributed by atoms with Gasteiger partial charge in [0.25, 0.3) is 0 Å². The Hall–Kier alpha value is -1.75. The molecule has 4 atom stereocenters. The van der Waals surface area contributed by atoms with Crippen molar-refractivity contribution in [2.24, 2.45) is 5.73 Å². The van der Waals surface area contributed by atoms with Gasteiger partial charge in [-0.2, -0.15) is 0 Å². The van der Waals surface area contributed by atoms with Gasteiger partial charge >= 0.3 is 17.9 Å². The van der Waals surface area contributed by atoms with Crippen LogP contribution >= 0.6 is 0 Å². The molecule has 2 rings (SSSR count). The summed E-state index contributed by atoms with van der Waals surface area (Å²) < 4.78 is 0. The molecular weight excluding hydrogens is 310 g/mol. The number of rotatable bonds is 3. The third-order valence-corrected chi connectivity index (χ3v) is 3.20. The molecule has 2 heterocycles. The van der Waals surface area contributed by atoms with E-state index >= 15 is 0 Å². The van der Waals surface area contributed by atoms with Crippen molar-refractivity contribution in [2.45, 2.75) is 50.4 Å². The molecule has 2 aliphatic heterocycles. The highest BCUT2D eigenvalue weighted by atomic mass is 16.4. The zero-order chi connectivity index (χ0) is 18.0. The highest BCUT2D eigenvalue weighted by molar-refractivity contribution is 5.74. The van der Waals surface area contributed by atoms with E-state index in [1.165, 1.54) is 6.92 Å². The molecule has 0 spiro atoms. The third kappa shape index (κ3) is 9.08. The van der Waals surface area contributed by atoms with E-state index < -0.39 is 36.1 Å². The highest BCUT2D eigenvalue weighted by Crippen LogP contribution is 2.05. The van der Waals surface area contributed by atoms with Crippen LogP contribution in [-0.2, 0) is 14.4 Å². The van der Waals surface area contributed by atoms with Crippen LogP contribution in [0.25, 0.3) is 0 Å².